The Labute approximate surface area is 329 Å². The molecule has 0 aromatic carbocycles. The fraction of sp³-hybridized carbons (Fsp3) is 0.936. The summed E-state index contributed by atoms with van der Waals surface area (Å²) in [5.41, 5.74) is 0. The van der Waals surface area contributed by atoms with Gasteiger partial charge in [0.05, 0.1) is 0 Å². The molecule has 0 aliphatic rings. The van der Waals surface area contributed by atoms with Crippen molar-refractivity contribution in [1.29, 1.82) is 0 Å². The van der Waals surface area contributed by atoms with Crippen LogP contribution in [0.1, 0.15) is 259 Å². The first-order valence-electron chi connectivity index (χ1n) is 23.4. The van der Waals surface area contributed by atoms with E-state index in [0.29, 0.717) is 19.3 Å². The number of carbonyl (C=O) groups is 3. The van der Waals surface area contributed by atoms with E-state index in [1.54, 1.807) is 0 Å². The van der Waals surface area contributed by atoms with Crippen molar-refractivity contribution >= 4 is 17.9 Å². The van der Waals surface area contributed by atoms with Crippen LogP contribution in [0.2, 0.25) is 0 Å². The Bertz CT molecular complexity index is 796. The van der Waals surface area contributed by atoms with Crippen LogP contribution in [0.25, 0.3) is 0 Å². The van der Waals surface area contributed by atoms with Crippen molar-refractivity contribution in [3.8, 4) is 0 Å². The van der Waals surface area contributed by atoms with Gasteiger partial charge in [-0.2, -0.15) is 0 Å². The molecular formula is C47H90O6. The van der Waals surface area contributed by atoms with Crippen molar-refractivity contribution < 1.29 is 28.6 Å². The SMILES string of the molecule is CCCCCCCCCCCCCCCCCC(=O)O[C@H](COC(=O)CCCCCCCCCCC)COC(=O)CCCCCCCCCCC(C)C. The van der Waals surface area contributed by atoms with Crippen LogP contribution in [0.3, 0.4) is 0 Å². The van der Waals surface area contributed by atoms with E-state index in [9.17, 15) is 14.4 Å². The summed E-state index contributed by atoms with van der Waals surface area (Å²) in [6.45, 7) is 8.95. The van der Waals surface area contributed by atoms with Crippen molar-refractivity contribution in [2.24, 2.45) is 5.92 Å². The van der Waals surface area contributed by atoms with Crippen LogP contribution in [0.15, 0.2) is 0 Å². The minimum absolute atomic E-state index is 0.0642. The standard InChI is InChI=1S/C47H90O6/c1-5-7-9-11-13-15-16-17-18-19-20-22-28-32-36-40-47(50)53-44(41-51-45(48)38-34-30-26-21-14-12-10-8-6-2)42-52-46(49)39-35-31-27-24-23-25-29-33-37-43(3)4/h43-44H,5-42H2,1-4H3/t44-/m1/s1. The zero-order valence-corrected chi connectivity index (χ0v) is 36.0. The molecule has 0 aromatic rings. The Morgan fingerprint density at radius 2 is 0.623 bits per heavy atom. The quantitative estimate of drug-likeness (QED) is 0.0351. The fourth-order valence-corrected chi connectivity index (χ4v) is 6.98. The second kappa shape index (κ2) is 41.6. The number of esters is 3. The summed E-state index contributed by atoms with van der Waals surface area (Å²) in [4.78, 5) is 37.7. The van der Waals surface area contributed by atoms with Crippen LogP contribution >= 0.6 is 0 Å². The van der Waals surface area contributed by atoms with E-state index in [2.05, 4.69) is 27.7 Å². The Kier molecular flexibility index (Phi) is 40.3. The monoisotopic (exact) mass is 751 g/mol. The van der Waals surface area contributed by atoms with Gasteiger partial charge in [-0.1, -0.05) is 220 Å². The first-order chi connectivity index (χ1) is 25.9. The van der Waals surface area contributed by atoms with Crippen molar-refractivity contribution in [2.75, 3.05) is 13.2 Å². The van der Waals surface area contributed by atoms with Crippen LogP contribution in [-0.2, 0) is 28.6 Å². The highest BCUT2D eigenvalue weighted by atomic mass is 16.6. The Morgan fingerprint density at radius 1 is 0.358 bits per heavy atom. The third kappa shape index (κ3) is 41.4. The molecule has 0 aromatic heterocycles. The highest BCUT2D eigenvalue weighted by molar-refractivity contribution is 5.71. The lowest BCUT2D eigenvalue weighted by atomic mass is 10.0. The molecule has 6 nitrogen and oxygen atoms in total. The van der Waals surface area contributed by atoms with E-state index in [4.69, 9.17) is 14.2 Å². The van der Waals surface area contributed by atoms with Gasteiger partial charge in [0.25, 0.3) is 0 Å². The van der Waals surface area contributed by atoms with Crippen LogP contribution < -0.4 is 0 Å². The van der Waals surface area contributed by atoms with Gasteiger partial charge in [0.1, 0.15) is 13.2 Å². The van der Waals surface area contributed by atoms with Crippen LogP contribution in [0.4, 0.5) is 0 Å². The van der Waals surface area contributed by atoms with Gasteiger partial charge in [-0.15, -0.1) is 0 Å². The summed E-state index contributed by atoms with van der Waals surface area (Å²) >= 11 is 0. The molecule has 0 bridgehead atoms. The van der Waals surface area contributed by atoms with Crippen molar-refractivity contribution in [2.45, 2.75) is 265 Å². The molecule has 0 fully saturated rings. The zero-order chi connectivity index (χ0) is 38.9. The lowest BCUT2D eigenvalue weighted by Crippen LogP contribution is -2.30. The van der Waals surface area contributed by atoms with Crippen molar-refractivity contribution in [1.82, 2.24) is 0 Å². The Hall–Kier alpha value is -1.59. The zero-order valence-electron chi connectivity index (χ0n) is 36.0. The summed E-state index contributed by atoms with van der Waals surface area (Å²) in [7, 11) is 0. The van der Waals surface area contributed by atoms with E-state index < -0.39 is 6.10 Å². The van der Waals surface area contributed by atoms with Gasteiger partial charge >= 0.3 is 17.9 Å². The highest BCUT2D eigenvalue weighted by Gasteiger charge is 2.19. The maximum absolute atomic E-state index is 12.7. The van der Waals surface area contributed by atoms with E-state index in [0.717, 1.165) is 63.7 Å². The van der Waals surface area contributed by atoms with Gasteiger partial charge < -0.3 is 14.2 Å². The van der Waals surface area contributed by atoms with Crippen LogP contribution in [0.5, 0.6) is 0 Å². The Balaban J connectivity index is 4.30. The summed E-state index contributed by atoms with van der Waals surface area (Å²) in [6.07, 6.45) is 40.9. The van der Waals surface area contributed by atoms with Crippen molar-refractivity contribution in [3.63, 3.8) is 0 Å². The van der Waals surface area contributed by atoms with Crippen LogP contribution in [-0.4, -0.2) is 37.2 Å². The van der Waals surface area contributed by atoms with Gasteiger partial charge in [-0.25, -0.2) is 0 Å². The molecule has 0 aliphatic carbocycles. The average Bonchev–Trinajstić information content (AvgIpc) is 3.14. The molecule has 0 amide bonds. The third-order valence-electron chi connectivity index (χ3n) is 10.5. The molecule has 0 heterocycles. The molecule has 0 rings (SSSR count). The fourth-order valence-electron chi connectivity index (χ4n) is 6.98. The number of hydrogen-bond donors (Lipinski definition) is 0. The number of unbranched alkanes of at least 4 members (excludes halogenated alkanes) is 29. The van der Waals surface area contributed by atoms with E-state index >= 15 is 0 Å². The molecule has 0 saturated carbocycles. The highest BCUT2D eigenvalue weighted by Crippen LogP contribution is 2.16. The summed E-state index contributed by atoms with van der Waals surface area (Å²) in [5, 5.41) is 0. The smallest absolute Gasteiger partial charge is 0.306 e. The largest absolute Gasteiger partial charge is 0.462 e. The predicted octanol–water partition coefficient (Wildman–Crippen LogP) is 14.7. The van der Waals surface area contributed by atoms with E-state index in [1.165, 1.54) is 154 Å². The minimum Gasteiger partial charge on any atom is -0.462 e. The number of carbonyl (C=O) groups excluding carboxylic acids is 3. The first-order valence-corrected chi connectivity index (χ1v) is 23.4. The van der Waals surface area contributed by atoms with Gasteiger partial charge in [0.15, 0.2) is 6.10 Å². The molecule has 53 heavy (non-hydrogen) atoms. The maximum atomic E-state index is 12.7. The first kappa shape index (κ1) is 51.4. The Morgan fingerprint density at radius 3 is 0.925 bits per heavy atom. The van der Waals surface area contributed by atoms with E-state index in [-0.39, 0.29) is 31.1 Å². The molecule has 0 aliphatic heterocycles. The lowest BCUT2D eigenvalue weighted by Gasteiger charge is -2.18. The number of rotatable bonds is 42. The molecule has 0 unspecified atom stereocenters. The minimum atomic E-state index is -0.759. The van der Waals surface area contributed by atoms with E-state index in [1.807, 2.05) is 0 Å². The molecule has 1 atom stereocenters. The summed E-state index contributed by atoms with van der Waals surface area (Å²) < 4.78 is 16.7. The predicted molar refractivity (Wildman–Crippen MR) is 224 cm³/mol. The third-order valence-corrected chi connectivity index (χ3v) is 10.5. The molecular weight excluding hydrogens is 661 g/mol. The molecule has 0 spiro atoms. The van der Waals surface area contributed by atoms with Gasteiger partial charge in [-0.05, 0) is 25.2 Å². The molecule has 314 valence electrons. The molecule has 0 radical (unpaired) electrons. The van der Waals surface area contributed by atoms with Gasteiger partial charge in [-0.3, -0.25) is 14.4 Å². The molecule has 6 heteroatoms. The molecule has 0 N–H and O–H groups in total. The summed E-state index contributed by atoms with van der Waals surface area (Å²) in [6, 6.07) is 0. The normalized spacial score (nSPS) is 11.9. The van der Waals surface area contributed by atoms with Crippen molar-refractivity contribution in [3.05, 3.63) is 0 Å². The maximum Gasteiger partial charge on any atom is 0.306 e. The molecule has 0 saturated heterocycles. The number of ether oxygens (including phenoxy) is 3. The number of hydrogen-bond acceptors (Lipinski definition) is 6. The average molecular weight is 751 g/mol. The second-order valence-corrected chi connectivity index (χ2v) is 16.5. The lowest BCUT2D eigenvalue weighted by molar-refractivity contribution is -0.167. The second-order valence-electron chi connectivity index (χ2n) is 16.5. The van der Waals surface area contributed by atoms with Gasteiger partial charge in [0, 0.05) is 19.3 Å². The van der Waals surface area contributed by atoms with Gasteiger partial charge in [0.2, 0.25) is 0 Å². The topological polar surface area (TPSA) is 78.9 Å². The summed E-state index contributed by atoms with van der Waals surface area (Å²) in [5.74, 6) is -0.0594. The van der Waals surface area contributed by atoms with Crippen LogP contribution in [0, 0.1) is 5.92 Å².